The second-order valence-corrected chi connectivity index (χ2v) is 9.48. The predicted molar refractivity (Wildman–Crippen MR) is 153 cm³/mol. The summed E-state index contributed by atoms with van der Waals surface area (Å²) in [6, 6.07) is 37.1. The van der Waals surface area contributed by atoms with E-state index in [2.05, 4.69) is 137 Å². The maximum atomic E-state index is 4.49. The fourth-order valence-electron chi connectivity index (χ4n) is 6.11. The van der Waals surface area contributed by atoms with Crippen molar-refractivity contribution in [1.29, 1.82) is 0 Å². The highest BCUT2D eigenvalue weighted by molar-refractivity contribution is 6.20. The van der Waals surface area contributed by atoms with Crippen LogP contribution >= 0.6 is 0 Å². The third kappa shape index (κ3) is 2.45. The quantitative estimate of drug-likeness (QED) is 0.248. The Morgan fingerprint density at radius 2 is 1.17 bits per heavy atom. The summed E-state index contributed by atoms with van der Waals surface area (Å²) in [5, 5.41) is 8.49. The van der Waals surface area contributed by atoms with Gasteiger partial charge < -0.3 is 9.13 Å². The molecule has 1 aliphatic heterocycles. The number of fused-ring (bicyclic) bond motifs is 13. The molecule has 2 nitrogen and oxygen atoms in total. The number of allylic oxidation sites excluding steroid dienone is 1. The molecule has 3 heterocycles. The number of hydrogen-bond acceptors (Lipinski definition) is 0. The van der Waals surface area contributed by atoms with Crippen molar-refractivity contribution in [3.8, 4) is 11.4 Å². The van der Waals surface area contributed by atoms with Gasteiger partial charge in [0.15, 0.2) is 0 Å². The molecule has 0 fully saturated rings. The van der Waals surface area contributed by atoms with Gasteiger partial charge in [-0.15, -0.1) is 0 Å². The summed E-state index contributed by atoms with van der Waals surface area (Å²) in [6.07, 6.45) is 6.63. The van der Waals surface area contributed by atoms with Gasteiger partial charge in [-0.3, -0.25) is 0 Å². The van der Waals surface area contributed by atoms with E-state index in [9.17, 15) is 0 Å². The predicted octanol–water partition coefficient (Wildman–Crippen LogP) is 7.10. The molecule has 2 bridgehead atoms. The summed E-state index contributed by atoms with van der Waals surface area (Å²) >= 11 is 0. The maximum Gasteiger partial charge on any atom is 0.0619 e. The molecule has 0 amide bonds. The van der Waals surface area contributed by atoms with Crippen molar-refractivity contribution >= 4 is 62.2 Å². The van der Waals surface area contributed by atoms with E-state index in [4.69, 9.17) is 0 Å². The summed E-state index contributed by atoms with van der Waals surface area (Å²) in [5.74, 6) is 0. The van der Waals surface area contributed by atoms with E-state index in [0.29, 0.717) is 0 Å². The van der Waals surface area contributed by atoms with Crippen LogP contribution in [0, 0.1) is 0 Å². The number of nitrogens with zero attached hydrogens (tertiary/aromatic N) is 2. The first kappa shape index (κ1) is 19.5. The molecule has 0 radical (unpaired) electrons. The van der Waals surface area contributed by atoms with Gasteiger partial charge in [-0.2, -0.15) is 0 Å². The second-order valence-electron chi connectivity index (χ2n) is 9.48. The minimum atomic E-state index is 1.03. The van der Waals surface area contributed by atoms with Crippen molar-refractivity contribution in [3.63, 3.8) is 0 Å². The van der Waals surface area contributed by atoms with Crippen LogP contribution in [0.4, 0.5) is 0 Å². The summed E-state index contributed by atoms with van der Waals surface area (Å²) in [4.78, 5) is 0. The molecule has 2 heteroatoms. The van der Waals surface area contributed by atoms with Crippen molar-refractivity contribution in [1.82, 2.24) is 9.13 Å². The summed E-state index contributed by atoms with van der Waals surface area (Å²) < 4.78 is 4.73. The molecule has 0 saturated heterocycles. The van der Waals surface area contributed by atoms with E-state index in [1.807, 2.05) is 0 Å². The topological polar surface area (TPSA) is 9.86 Å². The molecule has 0 unspecified atom stereocenters. The summed E-state index contributed by atoms with van der Waals surface area (Å²) in [6.45, 7) is 4.49. The van der Waals surface area contributed by atoms with Gasteiger partial charge in [-0.1, -0.05) is 97.6 Å². The number of hydrogen-bond donors (Lipinski definition) is 0. The lowest BCUT2D eigenvalue weighted by Gasteiger charge is -2.16. The van der Waals surface area contributed by atoms with Crippen LogP contribution in [-0.2, 0) is 0 Å². The minimum Gasteiger partial charge on any atom is -0.309 e. The molecule has 5 aromatic carbocycles. The van der Waals surface area contributed by atoms with Crippen LogP contribution in [0.25, 0.3) is 73.6 Å². The van der Waals surface area contributed by atoms with Crippen LogP contribution in [0.2, 0.25) is 0 Å². The zero-order valence-corrected chi connectivity index (χ0v) is 19.6. The van der Waals surface area contributed by atoms with Gasteiger partial charge in [0.25, 0.3) is 0 Å². The monoisotopic (exact) mass is 458 g/mol. The van der Waals surface area contributed by atoms with Crippen LogP contribution in [-0.4, -0.2) is 9.13 Å². The zero-order valence-electron chi connectivity index (χ0n) is 19.6. The smallest absolute Gasteiger partial charge is 0.0619 e. The highest BCUT2D eigenvalue weighted by Crippen LogP contribution is 2.39. The molecule has 7 aromatic rings. The average Bonchev–Trinajstić information content (AvgIpc) is 3.42. The van der Waals surface area contributed by atoms with Crippen molar-refractivity contribution in [2.24, 2.45) is 0 Å². The van der Waals surface area contributed by atoms with Gasteiger partial charge in [-0.05, 0) is 35.7 Å². The molecule has 0 saturated carbocycles. The molecule has 168 valence electrons. The fourth-order valence-corrected chi connectivity index (χ4v) is 6.11. The Labute approximate surface area is 207 Å². The lowest BCUT2D eigenvalue weighted by Crippen LogP contribution is -2.27. The molecule has 36 heavy (non-hydrogen) atoms. The standard InChI is InChI=1S/C34H22N2/c1-22-24-14-9-15-27-25-18-19-30-28-13-6-8-17-32(28)36(23-10-3-2-4-11-23)34(30)29(25)20-21-33(27)35(22)31-16-7-5-12-26(24)31/h2-21H,1H2. The van der Waals surface area contributed by atoms with Gasteiger partial charge in [0.05, 0.1) is 22.2 Å². The molecule has 0 aliphatic carbocycles. The van der Waals surface area contributed by atoms with Crippen molar-refractivity contribution < 1.29 is 0 Å². The highest BCUT2D eigenvalue weighted by atomic mass is 15.0. The Bertz CT molecular complexity index is 2160. The molecule has 2 aromatic heterocycles. The van der Waals surface area contributed by atoms with E-state index < -0.39 is 0 Å². The molecule has 1 aliphatic rings. The number of rotatable bonds is 1. The molecular formula is C34H22N2. The third-order valence-electron chi connectivity index (χ3n) is 7.65. The van der Waals surface area contributed by atoms with Crippen LogP contribution in [0.5, 0.6) is 0 Å². The third-order valence-corrected chi connectivity index (χ3v) is 7.65. The summed E-state index contributed by atoms with van der Waals surface area (Å²) in [7, 11) is 0. The normalized spacial score (nSPS) is 12.7. The van der Waals surface area contributed by atoms with E-state index in [-0.39, 0.29) is 0 Å². The van der Waals surface area contributed by atoms with Crippen LogP contribution < -0.4 is 10.6 Å². The Morgan fingerprint density at radius 3 is 2.00 bits per heavy atom. The first-order valence-electron chi connectivity index (χ1n) is 12.3. The van der Waals surface area contributed by atoms with Gasteiger partial charge >= 0.3 is 0 Å². The largest absolute Gasteiger partial charge is 0.309 e. The van der Waals surface area contributed by atoms with Crippen LogP contribution in [0.1, 0.15) is 5.56 Å². The number of para-hydroxylation sites is 3. The molecule has 0 atom stereocenters. The van der Waals surface area contributed by atoms with Gasteiger partial charge in [0.1, 0.15) is 0 Å². The van der Waals surface area contributed by atoms with Gasteiger partial charge in [0, 0.05) is 43.4 Å². The number of aromatic nitrogens is 2. The average molecular weight is 459 g/mol. The number of benzene rings is 5. The molecule has 8 rings (SSSR count). The van der Waals surface area contributed by atoms with Crippen molar-refractivity contribution in [3.05, 3.63) is 125 Å². The zero-order chi connectivity index (χ0) is 23.8. The Hall–Kier alpha value is -4.82. The maximum absolute atomic E-state index is 4.49. The first-order chi connectivity index (χ1) is 17.8. The van der Waals surface area contributed by atoms with E-state index in [0.717, 1.165) is 5.35 Å². The van der Waals surface area contributed by atoms with E-state index in [1.165, 1.54) is 65.6 Å². The van der Waals surface area contributed by atoms with Crippen LogP contribution in [0.3, 0.4) is 0 Å². The highest BCUT2D eigenvalue weighted by Gasteiger charge is 2.18. The lowest BCUT2D eigenvalue weighted by atomic mass is 9.98. The van der Waals surface area contributed by atoms with Gasteiger partial charge in [-0.25, -0.2) is 0 Å². The molecule has 0 spiro atoms. The Balaban J connectivity index is 1.56. The second kappa shape index (κ2) is 7.10. The Kier molecular flexibility index (Phi) is 3.84. The lowest BCUT2D eigenvalue weighted by molar-refractivity contribution is 1.07. The molecular weight excluding hydrogens is 436 g/mol. The van der Waals surface area contributed by atoms with Crippen molar-refractivity contribution in [2.75, 3.05) is 0 Å². The molecule has 0 N–H and O–H groups in total. The first-order valence-corrected chi connectivity index (χ1v) is 12.3. The van der Waals surface area contributed by atoms with Crippen LogP contribution in [0.15, 0.2) is 109 Å². The minimum absolute atomic E-state index is 1.03. The van der Waals surface area contributed by atoms with Gasteiger partial charge in [0.2, 0.25) is 0 Å². The fraction of sp³-hybridized carbons (Fsp3) is 0. The Morgan fingerprint density at radius 1 is 0.528 bits per heavy atom. The van der Waals surface area contributed by atoms with E-state index >= 15 is 0 Å². The SMILES string of the molecule is C=c1c2c3ccccc3n1-c1ccc3c(ccc4c5ccccc5n(-c5ccccc5)c34)c1C=CC=2. The van der Waals surface area contributed by atoms with E-state index in [1.54, 1.807) is 0 Å². The summed E-state index contributed by atoms with van der Waals surface area (Å²) in [5.41, 5.74) is 7.22. The van der Waals surface area contributed by atoms with Crippen molar-refractivity contribution in [2.45, 2.75) is 0 Å².